The first-order valence-electron chi connectivity index (χ1n) is 6.26. The maximum Gasteiger partial charge on any atom is 0.236 e. The molecule has 3 heteroatoms. The minimum Gasteiger partial charge on any atom is -0.339 e. The van der Waals surface area contributed by atoms with Gasteiger partial charge in [0.05, 0.1) is 6.54 Å². The molecule has 17 heavy (non-hydrogen) atoms. The van der Waals surface area contributed by atoms with E-state index in [1.807, 2.05) is 30.0 Å². The minimum atomic E-state index is 0.0373. The fourth-order valence-electron chi connectivity index (χ4n) is 2.12. The van der Waals surface area contributed by atoms with Gasteiger partial charge in [-0.2, -0.15) is 0 Å². The van der Waals surface area contributed by atoms with Crippen molar-refractivity contribution < 1.29 is 4.79 Å². The van der Waals surface area contributed by atoms with Crippen LogP contribution in [0.1, 0.15) is 25.8 Å². The van der Waals surface area contributed by atoms with Gasteiger partial charge >= 0.3 is 0 Å². The van der Waals surface area contributed by atoms with Crippen LogP contribution in [0.4, 0.5) is 0 Å². The predicted molar refractivity (Wildman–Crippen MR) is 70.7 cm³/mol. The highest BCUT2D eigenvalue weighted by atomic mass is 16.2. The molecule has 0 bridgehead atoms. The molecule has 1 amide bonds. The van der Waals surface area contributed by atoms with Crippen molar-refractivity contribution in [1.29, 1.82) is 0 Å². The van der Waals surface area contributed by atoms with E-state index in [0.717, 1.165) is 19.4 Å². The van der Waals surface area contributed by atoms with E-state index in [1.165, 1.54) is 5.56 Å². The molecule has 0 aliphatic heterocycles. The summed E-state index contributed by atoms with van der Waals surface area (Å²) in [6.45, 7) is 4.93. The average molecular weight is 234 g/mol. The van der Waals surface area contributed by atoms with Gasteiger partial charge in [-0.05, 0) is 25.3 Å². The largest absolute Gasteiger partial charge is 0.339 e. The van der Waals surface area contributed by atoms with Gasteiger partial charge in [-0.15, -0.1) is 0 Å². The Kier molecular flexibility index (Phi) is 5.70. The summed E-state index contributed by atoms with van der Waals surface area (Å²) in [6, 6.07) is 10.5. The molecule has 0 aliphatic rings. The fourth-order valence-corrected chi connectivity index (χ4v) is 2.12. The van der Waals surface area contributed by atoms with E-state index in [2.05, 4.69) is 19.1 Å². The van der Waals surface area contributed by atoms with Gasteiger partial charge in [-0.1, -0.05) is 37.3 Å². The summed E-state index contributed by atoms with van der Waals surface area (Å²) in [7, 11) is 0. The molecule has 3 nitrogen and oxygen atoms in total. The van der Waals surface area contributed by atoms with Gasteiger partial charge in [0.1, 0.15) is 0 Å². The molecule has 2 N–H and O–H groups in total. The Balaban J connectivity index is 2.73. The van der Waals surface area contributed by atoms with Crippen LogP contribution in [0.2, 0.25) is 0 Å². The van der Waals surface area contributed by atoms with Gasteiger partial charge < -0.3 is 10.6 Å². The first-order chi connectivity index (χ1) is 8.22. The maximum atomic E-state index is 11.7. The van der Waals surface area contributed by atoms with Gasteiger partial charge in [-0.3, -0.25) is 4.79 Å². The van der Waals surface area contributed by atoms with Crippen molar-refractivity contribution in [1.82, 2.24) is 4.90 Å². The van der Waals surface area contributed by atoms with Crippen molar-refractivity contribution in [2.24, 2.45) is 5.73 Å². The smallest absolute Gasteiger partial charge is 0.236 e. The minimum absolute atomic E-state index is 0.0373. The molecule has 0 radical (unpaired) electrons. The molecule has 1 aromatic rings. The summed E-state index contributed by atoms with van der Waals surface area (Å²) in [5, 5.41) is 0. The highest BCUT2D eigenvalue weighted by molar-refractivity contribution is 5.78. The van der Waals surface area contributed by atoms with Crippen LogP contribution in [0.15, 0.2) is 30.3 Å². The zero-order valence-electron chi connectivity index (χ0n) is 10.7. The Morgan fingerprint density at radius 3 is 2.41 bits per heavy atom. The molecular weight excluding hydrogens is 212 g/mol. The lowest BCUT2D eigenvalue weighted by Crippen LogP contribution is -2.44. The van der Waals surface area contributed by atoms with Crippen molar-refractivity contribution in [3.8, 4) is 0 Å². The van der Waals surface area contributed by atoms with Gasteiger partial charge in [-0.25, -0.2) is 0 Å². The molecule has 1 atom stereocenters. The molecule has 1 unspecified atom stereocenters. The second-order valence-electron chi connectivity index (χ2n) is 4.14. The Bertz CT molecular complexity index is 337. The number of hydrogen-bond donors (Lipinski definition) is 1. The Hall–Kier alpha value is -1.35. The molecule has 0 heterocycles. The number of benzene rings is 1. The highest BCUT2D eigenvalue weighted by Crippen LogP contribution is 2.12. The Labute approximate surface area is 104 Å². The lowest BCUT2D eigenvalue weighted by Gasteiger charge is -2.30. The molecule has 0 spiro atoms. The van der Waals surface area contributed by atoms with Crippen molar-refractivity contribution in [2.45, 2.75) is 32.7 Å². The third kappa shape index (κ3) is 3.86. The molecule has 0 aromatic heterocycles. The van der Waals surface area contributed by atoms with Gasteiger partial charge in [0.2, 0.25) is 5.91 Å². The quantitative estimate of drug-likeness (QED) is 0.816. The van der Waals surface area contributed by atoms with Crippen molar-refractivity contribution >= 4 is 5.91 Å². The topological polar surface area (TPSA) is 46.3 Å². The Morgan fingerprint density at radius 1 is 1.29 bits per heavy atom. The molecule has 0 aliphatic carbocycles. The summed E-state index contributed by atoms with van der Waals surface area (Å²) >= 11 is 0. The molecule has 0 saturated heterocycles. The van der Waals surface area contributed by atoms with E-state index >= 15 is 0 Å². The van der Waals surface area contributed by atoms with Crippen LogP contribution < -0.4 is 5.73 Å². The third-order valence-corrected chi connectivity index (χ3v) is 3.06. The van der Waals surface area contributed by atoms with Crippen LogP contribution in [0.25, 0.3) is 0 Å². The Morgan fingerprint density at radius 2 is 1.94 bits per heavy atom. The monoisotopic (exact) mass is 234 g/mol. The van der Waals surface area contributed by atoms with Crippen molar-refractivity contribution in [3.05, 3.63) is 35.9 Å². The van der Waals surface area contributed by atoms with Crippen LogP contribution >= 0.6 is 0 Å². The summed E-state index contributed by atoms with van der Waals surface area (Å²) in [5.74, 6) is 0.0373. The summed E-state index contributed by atoms with van der Waals surface area (Å²) in [4.78, 5) is 13.6. The van der Waals surface area contributed by atoms with E-state index in [-0.39, 0.29) is 18.5 Å². The predicted octanol–water partition coefficient (Wildman–Crippen LogP) is 1.81. The second-order valence-corrected chi connectivity index (χ2v) is 4.14. The van der Waals surface area contributed by atoms with Gasteiger partial charge in [0.15, 0.2) is 0 Å². The first kappa shape index (κ1) is 13.7. The fraction of sp³-hybridized carbons (Fsp3) is 0.500. The van der Waals surface area contributed by atoms with Gasteiger partial charge in [0.25, 0.3) is 0 Å². The first-order valence-corrected chi connectivity index (χ1v) is 6.26. The van der Waals surface area contributed by atoms with E-state index in [4.69, 9.17) is 5.73 Å². The number of amides is 1. The molecular formula is C14H22N2O. The highest BCUT2D eigenvalue weighted by Gasteiger charge is 2.19. The third-order valence-electron chi connectivity index (χ3n) is 3.06. The maximum absolute atomic E-state index is 11.7. The number of nitrogens with two attached hydrogens (primary N) is 1. The van der Waals surface area contributed by atoms with Crippen LogP contribution in [0, 0.1) is 0 Å². The zero-order chi connectivity index (χ0) is 12.7. The number of carbonyl (C=O) groups is 1. The standard InChI is InChI=1S/C14H22N2O/c1-3-13(16(4-2)14(17)11-15)10-12-8-6-5-7-9-12/h5-9,13H,3-4,10-11,15H2,1-2H3. The summed E-state index contributed by atoms with van der Waals surface area (Å²) in [5.41, 5.74) is 6.71. The number of carbonyl (C=O) groups excluding carboxylic acids is 1. The van der Waals surface area contributed by atoms with Crippen LogP contribution in [0.3, 0.4) is 0 Å². The molecule has 1 rings (SSSR count). The van der Waals surface area contributed by atoms with Crippen LogP contribution in [-0.4, -0.2) is 29.9 Å². The van der Waals surface area contributed by atoms with E-state index < -0.39 is 0 Å². The average Bonchev–Trinajstić information content (AvgIpc) is 2.39. The van der Waals surface area contributed by atoms with Crippen LogP contribution in [0.5, 0.6) is 0 Å². The lowest BCUT2D eigenvalue weighted by atomic mass is 10.0. The SMILES string of the molecule is CCC(Cc1ccccc1)N(CC)C(=O)CN. The van der Waals surface area contributed by atoms with E-state index in [9.17, 15) is 4.79 Å². The summed E-state index contributed by atoms with van der Waals surface area (Å²) < 4.78 is 0. The number of rotatable bonds is 6. The van der Waals surface area contributed by atoms with Crippen LogP contribution in [-0.2, 0) is 11.2 Å². The molecule has 0 fully saturated rings. The van der Waals surface area contributed by atoms with Crippen molar-refractivity contribution in [2.75, 3.05) is 13.1 Å². The summed E-state index contributed by atoms with van der Waals surface area (Å²) in [6.07, 6.45) is 1.85. The zero-order valence-corrected chi connectivity index (χ0v) is 10.7. The lowest BCUT2D eigenvalue weighted by molar-refractivity contribution is -0.131. The number of nitrogens with zero attached hydrogens (tertiary/aromatic N) is 1. The van der Waals surface area contributed by atoms with Crippen molar-refractivity contribution in [3.63, 3.8) is 0 Å². The normalized spacial score (nSPS) is 12.2. The number of likely N-dealkylation sites (N-methyl/N-ethyl adjacent to an activating group) is 1. The molecule has 1 aromatic carbocycles. The molecule has 0 saturated carbocycles. The van der Waals surface area contributed by atoms with E-state index in [0.29, 0.717) is 0 Å². The van der Waals surface area contributed by atoms with Gasteiger partial charge in [0, 0.05) is 12.6 Å². The van der Waals surface area contributed by atoms with E-state index in [1.54, 1.807) is 0 Å². The number of hydrogen-bond acceptors (Lipinski definition) is 2. The second kappa shape index (κ2) is 7.07. The molecule has 94 valence electrons.